The highest BCUT2D eigenvalue weighted by atomic mass is 14.9. The van der Waals surface area contributed by atoms with Crippen LogP contribution in [-0.4, -0.2) is 9.97 Å². The van der Waals surface area contributed by atoms with Gasteiger partial charge in [-0.3, -0.25) is 0 Å². The summed E-state index contributed by atoms with van der Waals surface area (Å²) in [4.78, 5) is 9.96. The molecule has 32 heavy (non-hydrogen) atoms. The molecular formula is C30H28N2. The Morgan fingerprint density at radius 1 is 1.03 bits per heavy atom. The Labute approximate surface area is 191 Å². The van der Waals surface area contributed by atoms with Gasteiger partial charge in [-0.05, 0) is 36.1 Å². The Kier molecular flexibility index (Phi) is 7.04. The van der Waals surface area contributed by atoms with Gasteiger partial charge in [0.05, 0.1) is 11.6 Å². The van der Waals surface area contributed by atoms with Crippen LogP contribution in [0.3, 0.4) is 0 Å². The van der Waals surface area contributed by atoms with Crippen molar-refractivity contribution in [1.82, 2.24) is 9.97 Å². The molecular weight excluding hydrogens is 388 g/mol. The summed E-state index contributed by atoms with van der Waals surface area (Å²) < 4.78 is 0. The molecule has 4 rings (SSSR count). The first-order chi connectivity index (χ1) is 15.8. The fourth-order valence-corrected chi connectivity index (χ4v) is 3.84. The van der Waals surface area contributed by atoms with Crippen molar-refractivity contribution in [1.29, 1.82) is 0 Å². The van der Waals surface area contributed by atoms with Gasteiger partial charge in [0.2, 0.25) is 0 Å². The van der Waals surface area contributed by atoms with Crippen molar-refractivity contribution >= 4 is 0 Å². The number of nitrogens with zero attached hydrogens (tertiary/aromatic N) is 2. The van der Waals surface area contributed by atoms with Crippen molar-refractivity contribution in [2.75, 3.05) is 0 Å². The lowest BCUT2D eigenvalue weighted by molar-refractivity contribution is 0.876. The summed E-state index contributed by atoms with van der Waals surface area (Å²) in [6.07, 6.45) is 27.2. The highest BCUT2D eigenvalue weighted by molar-refractivity contribution is 5.60. The van der Waals surface area contributed by atoms with Gasteiger partial charge in [-0.2, -0.15) is 0 Å². The molecule has 0 bridgehead atoms. The van der Waals surface area contributed by atoms with Gasteiger partial charge in [0.1, 0.15) is 5.82 Å². The Balaban J connectivity index is 1.71. The first-order valence-corrected chi connectivity index (χ1v) is 11.1. The number of aromatic nitrogens is 2. The third-order valence-corrected chi connectivity index (χ3v) is 5.54. The van der Waals surface area contributed by atoms with E-state index < -0.39 is 0 Å². The molecule has 2 nitrogen and oxygen atoms in total. The zero-order chi connectivity index (χ0) is 22.2. The molecule has 0 saturated carbocycles. The first kappa shape index (κ1) is 21.5. The van der Waals surface area contributed by atoms with E-state index in [0.29, 0.717) is 0 Å². The highest BCUT2D eigenvalue weighted by Gasteiger charge is 2.15. The van der Waals surface area contributed by atoms with Crippen LogP contribution in [0.25, 0.3) is 11.3 Å². The van der Waals surface area contributed by atoms with Gasteiger partial charge in [-0.1, -0.05) is 110 Å². The van der Waals surface area contributed by atoms with Gasteiger partial charge in [0.15, 0.2) is 0 Å². The molecule has 0 spiro atoms. The minimum Gasteiger partial charge on any atom is -0.237 e. The summed E-state index contributed by atoms with van der Waals surface area (Å²) in [5.74, 6) is 0.825. The van der Waals surface area contributed by atoms with Crippen LogP contribution < -0.4 is 0 Å². The van der Waals surface area contributed by atoms with E-state index in [0.717, 1.165) is 46.8 Å². The summed E-state index contributed by atoms with van der Waals surface area (Å²) in [6, 6.07) is 12.4. The summed E-state index contributed by atoms with van der Waals surface area (Å²) in [5.41, 5.74) is 6.60. The average molecular weight is 417 g/mol. The molecule has 0 saturated heterocycles. The SMILES string of the molecule is C=C/C(=C\C)C1=CC=CC(c2nc(CC3=CC=CCC=C3)cc(-c3ccccc3)n2)C=C1. The second-order valence-electron chi connectivity index (χ2n) is 7.79. The maximum absolute atomic E-state index is 4.99. The Bertz CT molecular complexity index is 1180. The van der Waals surface area contributed by atoms with Crippen molar-refractivity contribution in [2.24, 2.45) is 0 Å². The highest BCUT2D eigenvalue weighted by Crippen LogP contribution is 2.26. The molecule has 0 fully saturated rings. The molecule has 1 heterocycles. The number of hydrogen-bond donors (Lipinski definition) is 0. The van der Waals surface area contributed by atoms with E-state index in [4.69, 9.17) is 9.97 Å². The minimum atomic E-state index is 0.00707. The molecule has 2 aliphatic carbocycles. The maximum Gasteiger partial charge on any atom is 0.139 e. The number of benzene rings is 1. The number of allylic oxidation sites excluding steroid dienone is 15. The van der Waals surface area contributed by atoms with E-state index in [-0.39, 0.29) is 5.92 Å². The largest absolute Gasteiger partial charge is 0.237 e. The van der Waals surface area contributed by atoms with E-state index in [1.807, 2.05) is 31.2 Å². The lowest BCUT2D eigenvalue weighted by Gasteiger charge is -2.12. The second kappa shape index (κ2) is 10.5. The van der Waals surface area contributed by atoms with Crippen molar-refractivity contribution in [3.8, 4) is 11.3 Å². The van der Waals surface area contributed by atoms with Gasteiger partial charge >= 0.3 is 0 Å². The van der Waals surface area contributed by atoms with E-state index in [2.05, 4.69) is 91.6 Å². The first-order valence-electron chi connectivity index (χ1n) is 11.1. The molecule has 1 aromatic heterocycles. The van der Waals surface area contributed by atoms with Gasteiger partial charge in [-0.25, -0.2) is 9.97 Å². The summed E-state index contributed by atoms with van der Waals surface area (Å²) in [7, 11) is 0. The third kappa shape index (κ3) is 5.28. The fourth-order valence-electron chi connectivity index (χ4n) is 3.84. The normalized spacial score (nSPS) is 18.0. The standard InChI is InChI=1S/C30H28N2/c1-3-24(4-2)25-17-12-18-27(20-19-25)30-31-28(21-23-13-8-5-6-9-14-23)22-29(32-30)26-15-10-7-11-16-26/h3-5,7-20,22,27H,1,6,21H2,2H3/b24-4+. The molecule has 0 N–H and O–H groups in total. The topological polar surface area (TPSA) is 25.8 Å². The zero-order valence-corrected chi connectivity index (χ0v) is 18.5. The zero-order valence-electron chi connectivity index (χ0n) is 18.5. The molecule has 2 heteroatoms. The molecule has 1 unspecified atom stereocenters. The van der Waals surface area contributed by atoms with Gasteiger partial charge in [0.25, 0.3) is 0 Å². The predicted octanol–water partition coefficient (Wildman–Crippen LogP) is 7.40. The molecule has 1 aromatic carbocycles. The van der Waals surface area contributed by atoms with Crippen LogP contribution in [0.15, 0.2) is 133 Å². The molecule has 2 aliphatic rings. The molecule has 0 aliphatic heterocycles. The molecule has 158 valence electrons. The van der Waals surface area contributed by atoms with E-state index in [1.54, 1.807) is 0 Å². The molecule has 1 atom stereocenters. The molecule has 2 aromatic rings. The monoisotopic (exact) mass is 416 g/mol. The Morgan fingerprint density at radius 3 is 2.72 bits per heavy atom. The number of rotatable bonds is 6. The van der Waals surface area contributed by atoms with Gasteiger partial charge < -0.3 is 0 Å². The van der Waals surface area contributed by atoms with Crippen LogP contribution in [0.4, 0.5) is 0 Å². The quantitative estimate of drug-likeness (QED) is 0.459. The predicted molar refractivity (Wildman–Crippen MR) is 135 cm³/mol. The fraction of sp³-hybridized carbons (Fsp3) is 0.133. The van der Waals surface area contributed by atoms with Crippen molar-refractivity contribution in [3.05, 3.63) is 144 Å². The molecule has 0 amide bonds. The Hall–Kier alpha value is -3.78. The maximum atomic E-state index is 4.99. The van der Waals surface area contributed by atoms with Crippen molar-refractivity contribution in [2.45, 2.75) is 25.7 Å². The lowest BCUT2D eigenvalue weighted by atomic mass is 10.0. The smallest absolute Gasteiger partial charge is 0.139 e. The van der Waals surface area contributed by atoms with E-state index in [9.17, 15) is 0 Å². The van der Waals surface area contributed by atoms with E-state index >= 15 is 0 Å². The number of hydrogen-bond acceptors (Lipinski definition) is 2. The third-order valence-electron chi connectivity index (χ3n) is 5.54. The van der Waals surface area contributed by atoms with E-state index in [1.165, 1.54) is 5.57 Å². The van der Waals surface area contributed by atoms with Crippen LogP contribution in [-0.2, 0) is 6.42 Å². The average Bonchev–Trinajstić information content (AvgIpc) is 3.24. The summed E-state index contributed by atoms with van der Waals surface area (Å²) >= 11 is 0. The van der Waals surface area contributed by atoms with Gasteiger partial charge in [0, 0.05) is 17.7 Å². The van der Waals surface area contributed by atoms with Crippen LogP contribution >= 0.6 is 0 Å². The van der Waals surface area contributed by atoms with Crippen molar-refractivity contribution < 1.29 is 0 Å². The van der Waals surface area contributed by atoms with Crippen molar-refractivity contribution in [3.63, 3.8) is 0 Å². The van der Waals surface area contributed by atoms with Gasteiger partial charge in [-0.15, -0.1) is 0 Å². The molecule has 0 radical (unpaired) electrons. The van der Waals surface area contributed by atoms with Crippen LogP contribution in [0, 0.1) is 0 Å². The van der Waals surface area contributed by atoms with Crippen LogP contribution in [0.5, 0.6) is 0 Å². The van der Waals surface area contributed by atoms with Crippen LogP contribution in [0.2, 0.25) is 0 Å². The summed E-state index contributed by atoms with van der Waals surface area (Å²) in [6.45, 7) is 5.96. The Morgan fingerprint density at radius 2 is 1.91 bits per heavy atom. The van der Waals surface area contributed by atoms with Crippen LogP contribution in [0.1, 0.15) is 30.8 Å². The lowest BCUT2D eigenvalue weighted by Crippen LogP contribution is -2.05. The summed E-state index contributed by atoms with van der Waals surface area (Å²) in [5, 5.41) is 0. The second-order valence-corrected chi connectivity index (χ2v) is 7.79. The minimum absolute atomic E-state index is 0.00707.